The Hall–Kier alpha value is -1.64. The first-order valence-corrected chi connectivity index (χ1v) is 8.87. The molecule has 0 bridgehead atoms. The van der Waals surface area contributed by atoms with Gasteiger partial charge in [0.1, 0.15) is 5.60 Å². The highest BCUT2D eigenvalue weighted by Gasteiger charge is 2.34. The Bertz CT molecular complexity index is 659. The number of nitrogens with zero attached hydrogens (tertiary/aromatic N) is 1. The second-order valence-corrected chi connectivity index (χ2v) is 8.33. The number of aryl methyl sites for hydroxylation is 1. The number of nitrogens with one attached hydrogen (secondary N) is 2. The summed E-state index contributed by atoms with van der Waals surface area (Å²) in [7, 11) is -3.61. The van der Waals surface area contributed by atoms with Crippen LogP contribution in [0.25, 0.3) is 0 Å². The number of benzene rings is 1. The molecule has 1 amide bonds. The highest BCUT2D eigenvalue weighted by molar-refractivity contribution is 7.89. The van der Waals surface area contributed by atoms with Crippen molar-refractivity contribution in [3.8, 4) is 0 Å². The van der Waals surface area contributed by atoms with Crippen LogP contribution in [0.1, 0.15) is 26.3 Å². The van der Waals surface area contributed by atoms with Crippen molar-refractivity contribution < 1.29 is 17.9 Å². The first-order chi connectivity index (χ1) is 10.6. The molecule has 1 aliphatic heterocycles. The fraction of sp³-hybridized carbons (Fsp3) is 0.533. The first-order valence-electron chi connectivity index (χ1n) is 7.39. The largest absolute Gasteiger partial charge is 0.444 e. The van der Waals surface area contributed by atoms with E-state index < -0.39 is 21.7 Å². The van der Waals surface area contributed by atoms with Crippen LogP contribution < -0.4 is 10.3 Å². The van der Waals surface area contributed by atoms with Crippen LogP contribution in [0.15, 0.2) is 29.2 Å². The minimum absolute atomic E-state index is 0.136. The summed E-state index contributed by atoms with van der Waals surface area (Å²) in [6, 6.07) is 6.44. The lowest BCUT2D eigenvalue weighted by atomic mass is 10.1. The molecule has 1 fully saturated rings. The topological polar surface area (TPSA) is 87.7 Å². The molecular weight excluding hydrogens is 318 g/mol. The number of hydrazine groups is 1. The lowest BCUT2D eigenvalue weighted by Gasteiger charge is -2.39. The average Bonchev–Trinajstić information content (AvgIpc) is 2.35. The minimum atomic E-state index is -3.61. The molecule has 1 aliphatic rings. The summed E-state index contributed by atoms with van der Waals surface area (Å²) in [5.74, 6) is 0. The predicted octanol–water partition coefficient (Wildman–Crippen LogP) is 1.40. The number of amides is 1. The van der Waals surface area contributed by atoms with Gasteiger partial charge in [0, 0.05) is 13.1 Å². The molecule has 7 nitrogen and oxygen atoms in total. The lowest BCUT2D eigenvalue weighted by molar-refractivity contribution is 0.00482. The SMILES string of the molecule is Cc1ccc(S(=O)(=O)NNC2CN(C(=O)OC(C)(C)C)C2)cc1. The van der Waals surface area contributed by atoms with Crippen molar-refractivity contribution in [3.63, 3.8) is 0 Å². The van der Waals surface area contributed by atoms with E-state index in [4.69, 9.17) is 4.74 Å². The molecule has 8 heteroatoms. The van der Waals surface area contributed by atoms with Crippen molar-refractivity contribution in [2.75, 3.05) is 13.1 Å². The van der Waals surface area contributed by atoms with Gasteiger partial charge >= 0.3 is 6.09 Å². The maximum atomic E-state index is 12.1. The van der Waals surface area contributed by atoms with Gasteiger partial charge in [0.2, 0.25) is 0 Å². The van der Waals surface area contributed by atoms with E-state index in [1.165, 1.54) is 4.90 Å². The summed E-state index contributed by atoms with van der Waals surface area (Å²) in [6.45, 7) is 8.08. The highest BCUT2D eigenvalue weighted by atomic mass is 32.2. The third kappa shape index (κ3) is 4.92. The molecule has 1 aromatic carbocycles. The Morgan fingerprint density at radius 3 is 2.30 bits per heavy atom. The molecule has 0 spiro atoms. The van der Waals surface area contributed by atoms with Gasteiger partial charge in [-0.1, -0.05) is 17.7 Å². The van der Waals surface area contributed by atoms with Gasteiger partial charge in [-0.05, 0) is 39.8 Å². The number of carbonyl (C=O) groups is 1. The maximum Gasteiger partial charge on any atom is 0.410 e. The fourth-order valence-corrected chi connectivity index (χ4v) is 2.92. The van der Waals surface area contributed by atoms with Gasteiger partial charge in [0.05, 0.1) is 10.9 Å². The number of hydrogen-bond acceptors (Lipinski definition) is 5. The van der Waals surface area contributed by atoms with E-state index in [0.29, 0.717) is 13.1 Å². The standard InChI is InChI=1S/C15H23N3O4S/c1-11-5-7-13(8-6-11)23(20,21)17-16-12-9-18(10-12)14(19)22-15(2,3)4/h5-8,12,16-17H,9-10H2,1-4H3. The summed E-state index contributed by atoms with van der Waals surface area (Å²) in [5.41, 5.74) is 3.18. The van der Waals surface area contributed by atoms with Crippen molar-refractivity contribution >= 4 is 16.1 Å². The molecule has 128 valence electrons. The zero-order chi connectivity index (χ0) is 17.3. The van der Waals surface area contributed by atoms with Crippen molar-refractivity contribution in [3.05, 3.63) is 29.8 Å². The normalized spacial score (nSPS) is 16.1. The van der Waals surface area contributed by atoms with Crippen LogP contribution in [-0.4, -0.2) is 44.1 Å². The quantitative estimate of drug-likeness (QED) is 0.808. The summed E-state index contributed by atoms with van der Waals surface area (Å²) in [5, 5.41) is 0. The highest BCUT2D eigenvalue weighted by Crippen LogP contribution is 2.15. The summed E-state index contributed by atoms with van der Waals surface area (Å²) >= 11 is 0. The van der Waals surface area contributed by atoms with Crippen LogP contribution in [0.5, 0.6) is 0 Å². The molecule has 2 N–H and O–H groups in total. The number of ether oxygens (including phenoxy) is 1. The Labute approximate surface area is 137 Å². The molecule has 1 heterocycles. The molecular formula is C15H23N3O4S. The van der Waals surface area contributed by atoms with E-state index in [-0.39, 0.29) is 10.9 Å². The van der Waals surface area contributed by atoms with E-state index in [0.717, 1.165) is 5.56 Å². The second-order valence-electron chi connectivity index (χ2n) is 6.65. The van der Waals surface area contributed by atoms with E-state index in [1.807, 2.05) is 6.92 Å². The second kappa shape index (κ2) is 6.46. The molecule has 1 saturated heterocycles. The van der Waals surface area contributed by atoms with Crippen molar-refractivity contribution in [2.45, 2.75) is 44.2 Å². The van der Waals surface area contributed by atoms with Gasteiger partial charge in [-0.15, -0.1) is 4.83 Å². The Morgan fingerprint density at radius 2 is 1.78 bits per heavy atom. The molecule has 23 heavy (non-hydrogen) atoms. The van der Waals surface area contributed by atoms with Crippen LogP contribution in [0.4, 0.5) is 4.79 Å². The molecule has 0 aliphatic carbocycles. The van der Waals surface area contributed by atoms with E-state index in [1.54, 1.807) is 45.0 Å². The van der Waals surface area contributed by atoms with Crippen LogP contribution >= 0.6 is 0 Å². The lowest BCUT2D eigenvalue weighted by Crippen LogP contribution is -2.63. The summed E-state index contributed by atoms with van der Waals surface area (Å²) < 4.78 is 29.5. The van der Waals surface area contributed by atoms with E-state index in [9.17, 15) is 13.2 Å². The zero-order valence-electron chi connectivity index (χ0n) is 13.8. The number of rotatable bonds is 4. The third-order valence-electron chi connectivity index (χ3n) is 3.26. The minimum Gasteiger partial charge on any atom is -0.444 e. The average molecular weight is 341 g/mol. The van der Waals surface area contributed by atoms with Crippen LogP contribution in [-0.2, 0) is 14.8 Å². The number of sulfonamides is 1. The van der Waals surface area contributed by atoms with Gasteiger partial charge in [-0.3, -0.25) is 0 Å². The molecule has 1 aromatic rings. The Morgan fingerprint density at radius 1 is 1.22 bits per heavy atom. The molecule has 0 unspecified atom stereocenters. The molecule has 0 atom stereocenters. The predicted molar refractivity (Wildman–Crippen MR) is 86.2 cm³/mol. The maximum absolute atomic E-state index is 12.1. The Balaban J connectivity index is 1.80. The van der Waals surface area contributed by atoms with Crippen LogP contribution in [0.3, 0.4) is 0 Å². The van der Waals surface area contributed by atoms with Crippen LogP contribution in [0.2, 0.25) is 0 Å². The molecule has 0 saturated carbocycles. The number of carbonyl (C=O) groups excluding carboxylic acids is 1. The van der Waals surface area contributed by atoms with Gasteiger partial charge in [0.25, 0.3) is 10.0 Å². The van der Waals surface area contributed by atoms with Crippen molar-refractivity contribution in [1.82, 2.24) is 15.2 Å². The van der Waals surface area contributed by atoms with Crippen molar-refractivity contribution in [2.24, 2.45) is 0 Å². The van der Waals surface area contributed by atoms with Gasteiger partial charge < -0.3 is 9.64 Å². The number of hydrogen-bond donors (Lipinski definition) is 2. The summed E-state index contributed by atoms with van der Waals surface area (Å²) in [4.78, 5) is 15.8. The Kier molecular flexibility index (Phi) is 4.98. The smallest absolute Gasteiger partial charge is 0.410 e. The van der Waals surface area contributed by atoms with Gasteiger partial charge in [-0.25, -0.2) is 18.6 Å². The number of likely N-dealkylation sites (tertiary alicyclic amines) is 1. The van der Waals surface area contributed by atoms with E-state index >= 15 is 0 Å². The molecule has 0 aromatic heterocycles. The summed E-state index contributed by atoms with van der Waals surface area (Å²) in [6.07, 6.45) is -0.392. The van der Waals surface area contributed by atoms with Gasteiger partial charge in [-0.2, -0.15) is 0 Å². The first kappa shape index (κ1) is 17.7. The van der Waals surface area contributed by atoms with Crippen LogP contribution in [0, 0.1) is 6.92 Å². The van der Waals surface area contributed by atoms with Gasteiger partial charge in [0.15, 0.2) is 0 Å². The van der Waals surface area contributed by atoms with Crippen molar-refractivity contribution in [1.29, 1.82) is 0 Å². The molecule has 0 radical (unpaired) electrons. The van der Waals surface area contributed by atoms with E-state index in [2.05, 4.69) is 10.3 Å². The monoisotopic (exact) mass is 341 g/mol. The fourth-order valence-electron chi connectivity index (χ4n) is 1.98. The third-order valence-corrected chi connectivity index (χ3v) is 4.54. The molecule has 2 rings (SSSR count). The zero-order valence-corrected chi connectivity index (χ0v) is 14.6.